The summed E-state index contributed by atoms with van der Waals surface area (Å²) in [5, 5.41) is 0. The molecule has 0 bridgehead atoms. The van der Waals surface area contributed by atoms with Gasteiger partial charge in [0, 0.05) is 30.3 Å². The van der Waals surface area contributed by atoms with E-state index in [9.17, 15) is 4.79 Å². The zero-order valence-corrected chi connectivity index (χ0v) is 9.93. The van der Waals surface area contributed by atoms with Crippen molar-refractivity contribution in [2.75, 3.05) is 18.0 Å². The largest absolute Gasteiger partial charge is 0.356 e. The molecular formula is C13H17N3O. The molecule has 1 unspecified atom stereocenters. The lowest BCUT2D eigenvalue weighted by Crippen LogP contribution is -2.37. The Morgan fingerprint density at radius 3 is 3.12 bits per heavy atom. The van der Waals surface area contributed by atoms with Gasteiger partial charge in [-0.15, -0.1) is 0 Å². The van der Waals surface area contributed by atoms with E-state index < -0.39 is 0 Å². The van der Waals surface area contributed by atoms with E-state index in [1.54, 1.807) is 6.33 Å². The maximum absolute atomic E-state index is 10.9. The standard InChI is InChI=1S/C13H17N3O/c17-8-10-3-2-6-16(7-10)13-11-4-1-5-12(11)14-9-15-13/h8-10H,1-7H2. The number of anilines is 1. The van der Waals surface area contributed by atoms with Gasteiger partial charge in [-0.2, -0.15) is 0 Å². The van der Waals surface area contributed by atoms with Gasteiger partial charge in [0.25, 0.3) is 0 Å². The average Bonchev–Trinajstić information content (AvgIpc) is 2.87. The lowest BCUT2D eigenvalue weighted by Gasteiger charge is -2.32. The summed E-state index contributed by atoms with van der Waals surface area (Å²) in [4.78, 5) is 22.0. The van der Waals surface area contributed by atoms with Crippen molar-refractivity contribution in [1.29, 1.82) is 0 Å². The number of hydrogen-bond donors (Lipinski definition) is 0. The summed E-state index contributed by atoms with van der Waals surface area (Å²) in [6.45, 7) is 1.85. The van der Waals surface area contributed by atoms with Gasteiger partial charge in [-0.3, -0.25) is 0 Å². The number of aromatic nitrogens is 2. The van der Waals surface area contributed by atoms with E-state index in [0.29, 0.717) is 0 Å². The first-order chi connectivity index (χ1) is 8.38. The monoisotopic (exact) mass is 231 g/mol. The third-order valence-electron chi connectivity index (χ3n) is 3.80. The van der Waals surface area contributed by atoms with Gasteiger partial charge in [-0.25, -0.2) is 9.97 Å². The fourth-order valence-electron chi connectivity index (χ4n) is 2.93. The average molecular weight is 231 g/mol. The Bertz CT molecular complexity index is 433. The minimum atomic E-state index is 0.177. The number of carbonyl (C=O) groups is 1. The first-order valence-electron chi connectivity index (χ1n) is 6.41. The van der Waals surface area contributed by atoms with Crippen molar-refractivity contribution >= 4 is 12.1 Å². The molecule has 1 aliphatic heterocycles. The van der Waals surface area contributed by atoms with Gasteiger partial charge in [0.1, 0.15) is 18.4 Å². The number of fused-ring (bicyclic) bond motifs is 1. The van der Waals surface area contributed by atoms with Crippen LogP contribution in [0.2, 0.25) is 0 Å². The Labute approximate surface area is 101 Å². The van der Waals surface area contributed by atoms with Crippen LogP contribution >= 0.6 is 0 Å². The van der Waals surface area contributed by atoms with Crippen LogP contribution in [0.3, 0.4) is 0 Å². The maximum Gasteiger partial charge on any atom is 0.135 e. The molecule has 0 aromatic carbocycles. The van der Waals surface area contributed by atoms with E-state index in [2.05, 4.69) is 14.9 Å². The van der Waals surface area contributed by atoms with Gasteiger partial charge in [-0.1, -0.05) is 0 Å². The van der Waals surface area contributed by atoms with Gasteiger partial charge < -0.3 is 9.69 Å². The van der Waals surface area contributed by atoms with Gasteiger partial charge in [0.15, 0.2) is 0 Å². The van der Waals surface area contributed by atoms with Crippen LogP contribution in [-0.2, 0) is 17.6 Å². The smallest absolute Gasteiger partial charge is 0.135 e. The Balaban J connectivity index is 1.88. The molecule has 1 fully saturated rings. The normalized spacial score (nSPS) is 23.5. The number of piperidine rings is 1. The lowest BCUT2D eigenvalue weighted by atomic mass is 9.99. The van der Waals surface area contributed by atoms with Crippen molar-refractivity contribution in [2.45, 2.75) is 32.1 Å². The van der Waals surface area contributed by atoms with Gasteiger partial charge in [-0.05, 0) is 32.1 Å². The molecule has 4 nitrogen and oxygen atoms in total. The van der Waals surface area contributed by atoms with E-state index in [4.69, 9.17) is 0 Å². The molecule has 1 atom stereocenters. The zero-order valence-electron chi connectivity index (χ0n) is 9.93. The molecule has 0 amide bonds. The van der Waals surface area contributed by atoms with Crippen LogP contribution in [-0.4, -0.2) is 29.3 Å². The highest BCUT2D eigenvalue weighted by atomic mass is 16.1. The molecular weight excluding hydrogens is 214 g/mol. The van der Waals surface area contributed by atoms with E-state index >= 15 is 0 Å². The summed E-state index contributed by atoms with van der Waals surface area (Å²) in [5.41, 5.74) is 2.53. The number of aldehydes is 1. The van der Waals surface area contributed by atoms with Crippen molar-refractivity contribution in [3.05, 3.63) is 17.6 Å². The van der Waals surface area contributed by atoms with Crippen molar-refractivity contribution in [3.8, 4) is 0 Å². The summed E-state index contributed by atoms with van der Waals surface area (Å²) in [6, 6.07) is 0. The van der Waals surface area contributed by atoms with Crippen molar-refractivity contribution < 1.29 is 4.79 Å². The highest BCUT2D eigenvalue weighted by Crippen LogP contribution is 2.30. The van der Waals surface area contributed by atoms with E-state index in [0.717, 1.165) is 50.9 Å². The van der Waals surface area contributed by atoms with Gasteiger partial charge >= 0.3 is 0 Å². The first-order valence-corrected chi connectivity index (χ1v) is 6.41. The van der Waals surface area contributed by atoms with Crippen LogP contribution in [0.4, 0.5) is 5.82 Å². The molecule has 2 heterocycles. The zero-order chi connectivity index (χ0) is 11.7. The summed E-state index contributed by atoms with van der Waals surface area (Å²) in [5.74, 6) is 1.26. The molecule has 1 aromatic rings. The topological polar surface area (TPSA) is 46.1 Å². The first kappa shape index (κ1) is 10.7. The Morgan fingerprint density at radius 2 is 2.24 bits per heavy atom. The molecule has 4 heteroatoms. The third kappa shape index (κ3) is 1.92. The SMILES string of the molecule is O=CC1CCCN(c2ncnc3c2CCC3)C1. The van der Waals surface area contributed by atoms with Crippen LogP contribution in [0.15, 0.2) is 6.33 Å². The Kier molecular flexibility index (Phi) is 2.79. The summed E-state index contributed by atoms with van der Waals surface area (Å²) in [6.07, 6.45) is 8.22. The number of rotatable bonds is 2. The van der Waals surface area contributed by atoms with Crippen LogP contribution in [0, 0.1) is 5.92 Å². The summed E-state index contributed by atoms with van der Waals surface area (Å²) < 4.78 is 0. The molecule has 1 aromatic heterocycles. The van der Waals surface area contributed by atoms with E-state index in [-0.39, 0.29) is 5.92 Å². The molecule has 1 aliphatic carbocycles. The molecule has 3 rings (SSSR count). The van der Waals surface area contributed by atoms with Gasteiger partial charge in [0.2, 0.25) is 0 Å². The second kappa shape index (κ2) is 4.43. The quantitative estimate of drug-likeness (QED) is 0.721. The van der Waals surface area contributed by atoms with Crippen molar-refractivity contribution in [3.63, 3.8) is 0 Å². The van der Waals surface area contributed by atoms with Crippen LogP contribution < -0.4 is 4.90 Å². The Morgan fingerprint density at radius 1 is 1.29 bits per heavy atom. The van der Waals surface area contributed by atoms with Crippen LogP contribution in [0.1, 0.15) is 30.5 Å². The molecule has 0 spiro atoms. The number of nitrogens with zero attached hydrogens (tertiary/aromatic N) is 3. The molecule has 1 saturated heterocycles. The van der Waals surface area contributed by atoms with Gasteiger partial charge in [0.05, 0.1) is 0 Å². The van der Waals surface area contributed by atoms with Crippen LogP contribution in [0.5, 0.6) is 0 Å². The molecule has 90 valence electrons. The number of carbonyl (C=O) groups excluding carboxylic acids is 1. The van der Waals surface area contributed by atoms with E-state index in [1.807, 2.05) is 0 Å². The third-order valence-corrected chi connectivity index (χ3v) is 3.80. The molecule has 17 heavy (non-hydrogen) atoms. The molecule has 0 radical (unpaired) electrons. The minimum Gasteiger partial charge on any atom is -0.356 e. The predicted octanol–water partition coefficient (Wildman–Crippen LogP) is 1.38. The summed E-state index contributed by atoms with van der Waals surface area (Å²) >= 11 is 0. The number of aryl methyl sites for hydroxylation is 1. The van der Waals surface area contributed by atoms with Crippen molar-refractivity contribution in [2.24, 2.45) is 5.92 Å². The minimum absolute atomic E-state index is 0.177. The highest BCUT2D eigenvalue weighted by Gasteiger charge is 2.25. The fourth-order valence-corrected chi connectivity index (χ4v) is 2.93. The number of hydrogen-bond acceptors (Lipinski definition) is 4. The maximum atomic E-state index is 10.9. The lowest BCUT2D eigenvalue weighted by molar-refractivity contribution is -0.111. The predicted molar refractivity (Wildman–Crippen MR) is 65.1 cm³/mol. The van der Waals surface area contributed by atoms with Crippen molar-refractivity contribution in [1.82, 2.24) is 9.97 Å². The Hall–Kier alpha value is -1.45. The fraction of sp³-hybridized carbons (Fsp3) is 0.615. The highest BCUT2D eigenvalue weighted by molar-refractivity contribution is 5.58. The second-order valence-corrected chi connectivity index (χ2v) is 4.96. The molecule has 0 N–H and O–H groups in total. The molecule has 0 saturated carbocycles. The molecule has 2 aliphatic rings. The summed E-state index contributed by atoms with van der Waals surface area (Å²) in [7, 11) is 0. The van der Waals surface area contributed by atoms with E-state index in [1.165, 1.54) is 17.7 Å². The van der Waals surface area contributed by atoms with Crippen LogP contribution in [0.25, 0.3) is 0 Å². The second-order valence-electron chi connectivity index (χ2n) is 4.96.